The summed E-state index contributed by atoms with van der Waals surface area (Å²) in [5.41, 5.74) is 4.96. The van der Waals surface area contributed by atoms with Crippen molar-refractivity contribution in [1.29, 1.82) is 0 Å². The standard InChI is InChI=1S/C26H20N6O4/c1-11-18-12(2)28-23-20(22(18)29-15-6-4-3-5-14(15)27-11)19(13-7-8-16-17(9-13)36-10-35-16)21-24(30-23)31-26(34)32-25(21)33/h3-9,18-19,29H,10H2,1-2H3,(H2,31,32,33,34). The SMILES string of the molecule is CC1=NC2=Nc3[nH]c(=O)[nH]c(=O)c3C(c3ccc4c(c3)OCO4)C2=C2Nc3ccccc3N=C(C)C12. The molecule has 36 heavy (non-hydrogen) atoms. The van der Waals surface area contributed by atoms with Crippen molar-refractivity contribution in [3.05, 3.63) is 85.7 Å². The molecule has 10 nitrogen and oxygen atoms in total. The van der Waals surface area contributed by atoms with Crippen molar-refractivity contribution in [1.82, 2.24) is 9.97 Å². The summed E-state index contributed by atoms with van der Waals surface area (Å²) in [6.45, 7) is 4.05. The number of amidine groups is 1. The van der Waals surface area contributed by atoms with Gasteiger partial charge in [-0.1, -0.05) is 18.2 Å². The van der Waals surface area contributed by atoms with Gasteiger partial charge in [0.1, 0.15) is 5.82 Å². The van der Waals surface area contributed by atoms with Gasteiger partial charge in [-0.3, -0.25) is 19.8 Å². The number of H-pyrrole nitrogens is 2. The second-order valence-corrected chi connectivity index (χ2v) is 9.06. The highest BCUT2D eigenvalue weighted by atomic mass is 16.7. The number of anilines is 1. The first-order chi connectivity index (χ1) is 17.5. The number of aromatic amines is 2. The molecule has 0 amide bonds. The monoisotopic (exact) mass is 480 g/mol. The van der Waals surface area contributed by atoms with Gasteiger partial charge in [0.05, 0.1) is 22.9 Å². The minimum absolute atomic E-state index is 0.133. The molecule has 3 aromatic rings. The summed E-state index contributed by atoms with van der Waals surface area (Å²) in [7, 11) is 0. The highest BCUT2D eigenvalue weighted by molar-refractivity contribution is 6.21. The summed E-state index contributed by atoms with van der Waals surface area (Å²) in [6, 6.07) is 13.4. The predicted octanol–water partition coefficient (Wildman–Crippen LogP) is 3.53. The Morgan fingerprint density at radius 1 is 0.889 bits per heavy atom. The molecular formula is C26H20N6O4. The number of rotatable bonds is 1. The Bertz CT molecular complexity index is 1720. The van der Waals surface area contributed by atoms with Crippen LogP contribution in [0, 0.1) is 5.92 Å². The number of nitrogens with one attached hydrogen (secondary N) is 3. The summed E-state index contributed by atoms with van der Waals surface area (Å²) in [6.07, 6.45) is 0. The van der Waals surface area contributed by atoms with Gasteiger partial charge in [0.25, 0.3) is 5.56 Å². The molecule has 4 aliphatic rings. The third-order valence-corrected chi connectivity index (χ3v) is 6.89. The van der Waals surface area contributed by atoms with E-state index in [1.54, 1.807) is 0 Å². The predicted molar refractivity (Wildman–Crippen MR) is 136 cm³/mol. The van der Waals surface area contributed by atoms with Crippen molar-refractivity contribution in [2.45, 2.75) is 19.8 Å². The first-order valence-electron chi connectivity index (χ1n) is 11.5. The maximum atomic E-state index is 13.2. The molecule has 7 rings (SSSR count). The average Bonchev–Trinajstić information content (AvgIpc) is 3.25. The molecule has 0 radical (unpaired) electrons. The first kappa shape index (κ1) is 20.6. The van der Waals surface area contributed by atoms with E-state index in [0.29, 0.717) is 22.9 Å². The van der Waals surface area contributed by atoms with Gasteiger partial charge >= 0.3 is 5.69 Å². The van der Waals surface area contributed by atoms with E-state index in [1.807, 2.05) is 56.3 Å². The molecule has 1 aromatic heterocycles. The zero-order chi connectivity index (χ0) is 24.6. The molecule has 10 heteroatoms. The smallest absolute Gasteiger partial charge is 0.327 e. The number of aromatic nitrogens is 2. The van der Waals surface area contributed by atoms with Gasteiger partial charge in [0, 0.05) is 28.6 Å². The molecule has 4 aliphatic heterocycles. The largest absolute Gasteiger partial charge is 0.454 e. The molecule has 178 valence electrons. The van der Waals surface area contributed by atoms with Crippen LogP contribution in [0.3, 0.4) is 0 Å². The number of nitrogens with zero attached hydrogens (tertiary/aromatic N) is 3. The van der Waals surface area contributed by atoms with E-state index in [1.165, 1.54) is 0 Å². The number of dihydropyridines is 1. The minimum Gasteiger partial charge on any atom is -0.454 e. The normalized spacial score (nSPS) is 21.1. The number of fused-ring (bicyclic) bond motifs is 5. The zero-order valence-corrected chi connectivity index (χ0v) is 19.4. The molecule has 0 saturated heterocycles. The molecule has 2 unspecified atom stereocenters. The van der Waals surface area contributed by atoms with E-state index in [0.717, 1.165) is 39.6 Å². The van der Waals surface area contributed by atoms with Crippen LogP contribution in [0.1, 0.15) is 30.9 Å². The molecule has 0 spiro atoms. The molecule has 2 atom stereocenters. The van der Waals surface area contributed by atoms with E-state index in [2.05, 4.69) is 20.3 Å². The maximum Gasteiger partial charge on any atom is 0.327 e. The third kappa shape index (κ3) is 2.94. The van der Waals surface area contributed by atoms with Crippen molar-refractivity contribution < 1.29 is 9.47 Å². The second-order valence-electron chi connectivity index (χ2n) is 9.06. The van der Waals surface area contributed by atoms with Gasteiger partial charge in [0.2, 0.25) is 6.79 Å². The van der Waals surface area contributed by atoms with Crippen LogP contribution in [0.4, 0.5) is 17.2 Å². The van der Waals surface area contributed by atoms with Gasteiger partial charge in [-0.2, -0.15) is 0 Å². The summed E-state index contributed by atoms with van der Waals surface area (Å²) < 4.78 is 11.1. The topological polar surface area (TPSA) is 133 Å². The fraction of sp³-hybridized carbons (Fsp3) is 0.192. The average molecular weight is 480 g/mol. The molecule has 3 N–H and O–H groups in total. The molecule has 0 fully saturated rings. The number of benzene rings is 2. The number of hydrogen-bond donors (Lipinski definition) is 3. The highest BCUT2D eigenvalue weighted by Crippen LogP contribution is 2.47. The van der Waals surface area contributed by atoms with Crippen LogP contribution in [-0.4, -0.2) is 34.0 Å². The Labute approximate surface area is 204 Å². The summed E-state index contributed by atoms with van der Waals surface area (Å²) in [5.74, 6) is 1.05. The Hall–Kier alpha value is -4.73. The Morgan fingerprint density at radius 3 is 2.58 bits per heavy atom. The maximum absolute atomic E-state index is 13.2. The van der Waals surface area contributed by atoms with Gasteiger partial charge in [0.15, 0.2) is 17.3 Å². The molecule has 0 saturated carbocycles. The summed E-state index contributed by atoms with van der Waals surface area (Å²) >= 11 is 0. The van der Waals surface area contributed by atoms with E-state index in [-0.39, 0.29) is 18.5 Å². The zero-order valence-electron chi connectivity index (χ0n) is 19.4. The lowest BCUT2D eigenvalue weighted by Crippen LogP contribution is -2.37. The Morgan fingerprint density at radius 2 is 1.69 bits per heavy atom. The van der Waals surface area contributed by atoms with Crippen LogP contribution in [0.25, 0.3) is 0 Å². The molecule has 2 aromatic carbocycles. The fourth-order valence-electron chi connectivity index (χ4n) is 5.39. The van der Waals surface area contributed by atoms with Crippen LogP contribution in [-0.2, 0) is 0 Å². The third-order valence-electron chi connectivity index (χ3n) is 6.89. The number of ether oxygens (including phenoxy) is 2. The second kappa shape index (κ2) is 7.38. The van der Waals surface area contributed by atoms with Crippen molar-refractivity contribution in [3.63, 3.8) is 0 Å². The van der Waals surface area contributed by atoms with E-state index >= 15 is 0 Å². The number of aliphatic imine (C=N–C) groups is 3. The van der Waals surface area contributed by atoms with Gasteiger partial charge < -0.3 is 14.8 Å². The van der Waals surface area contributed by atoms with Gasteiger partial charge in [-0.05, 0) is 43.7 Å². The molecule has 5 heterocycles. The minimum atomic E-state index is -0.623. The lowest BCUT2D eigenvalue weighted by molar-refractivity contribution is 0.174. The number of hydrogen-bond acceptors (Lipinski definition) is 8. The Kier molecular flexibility index (Phi) is 4.23. The van der Waals surface area contributed by atoms with Crippen molar-refractivity contribution in [2.75, 3.05) is 12.1 Å². The van der Waals surface area contributed by atoms with Gasteiger partial charge in [-0.25, -0.2) is 14.8 Å². The highest BCUT2D eigenvalue weighted by Gasteiger charge is 2.41. The van der Waals surface area contributed by atoms with Crippen molar-refractivity contribution >= 4 is 34.5 Å². The summed E-state index contributed by atoms with van der Waals surface area (Å²) in [5, 5.41) is 3.60. The summed E-state index contributed by atoms with van der Waals surface area (Å²) in [4.78, 5) is 44.8. The van der Waals surface area contributed by atoms with Crippen molar-refractivity contribution in [2.24, 2.45) is 20.9 Å². The number of para-hydroxylation sites is 2. The van der Waals surface area contributed by atoms with E-state index in [4.69, 9.17) is 19.5 Å². The van der Waals surface area contributed by atoms with E-state index in [9.17, 15) is 9.59 Å². The lowest BCUT2D eigenvalue weighted by Gasteiger charge is -2.34. The fourth-order valence-corrected chi connectivity index (χ4v) is 5.39. The first-order valence-corrected chi connectivity index (χ1v) is 11.5. The van der Waals surface area contributed by atoms with Crippen LogP contribution in [0.2, 0.25) is 0 Å². The van der Waals surface area contributed by atoms with Crippen LogP contribution < -0.4 is 26.0 Å². The van der Waals surface area contributed by atoms with Crippen LogP contribution in [0.5, 0.6) is 11.5 Å². The molecule has 0 bridgehead atoms. The molecule has 0 aliphatic carbocycles. The molecular weight excluding hydrogens is 460 g/mol. The lowest BCUT2D eigenvalue weighted by atomic mass is 9.77. The van der Waals surface area contributed by atoms with Gasteiger partial charge in [-0.15, -0.1) is 0 Å². The quantitative estimate of drug-likeness (QED) is 0.490. The van der Waals surface area contributed by atoms with Crippen LogP contribution in [0.15, 0.2) is 78.3 Å². The number of allylic oxidation sites excluding steroid dienone is 1. The van der Waals surface area contributed by atoms with E-state index < -0.39 is 17.2 Å². The van der Waals surface area contributed by atoms with Crippen molar-refractivity contribution in [3.8, 4) is 11.5 Å². The Balaban J connectivity index is 1.56. The van der Waals surface area contributed by atoms with Crippen LogP contribution >= 0.6 is 0 Å².